The monoisotopic (exact) mass is 536 g/mol. The second-order valence-electron chi connectivity index (χ2n) is 9.94. The zero-order valence-electron chi connectivity index (χ0n) is 20.0. The highest BCUT2D eigenvalue weighted by atomic mass is 32.2. The second kappa shape index (κ2) is 8.32. The average molecular weight is 537 g/mol. The molecular formula is C27H22F2N4O4S. The van der Waals surface area contributed by atoms with Crippen LogP contribution in [0.2, 0.25) is 0 Å². The molecule has 4 aliphatic rings. The molecule has 2 saturated heterocycles. The van der Waals surface area contributed by atoms with Crippen LogP contribution in [0.5, 0.6) is 5.75 Å². The van der Waals surface area contributed by atoms with Gasteiger partial charge in [-0.05, 0) is 29.7 Å². The molecule has 1 N–H and O–H groups in total. The fourth-order valence-corrected chi connectivity index (χ4v) is 7.35. The van der Waals surface area contributed by atoms with Gasteiger partial charge < -0.3 is 14.9 Å². The molecule has 3 unspecified atom stereocenters. The van der Waals surface area contributed by atoms with Gasteiger partial charge in [0.1, 0.15) is 6.17 Å². The van der Waals surface area contributed by atoms with Gasteiger partial charge in [-0.2, -0.15) is 0 Å². The van der Waals surface area contributed by atoms with E-state index in [-0.39, 0.29) is 42.0 Å². The van der Waals surface area contributed by atoms with Crippen molar-refractivity contribution in [3.8, 4) is 5.75 Å². The van der Waals surface area contributed by atoms with E-state index in [2.05, 4.69) is 0 Å². The zero-order valence-corrected chi connectivity index (χ0v) is 20.8. The number of fused-ring (bicyclic) bond motifs is 5. The van der Waals surface area contributed by atoms with E-state index in [1.165, 1.54) is 28.7 Å². The van der Waals surface area contributed by atoms with Crippen LogP contribution >= 0.6 is 11.8 Å². The van der Waals surface area contributed by atoms with Gasteiger partial charge in [0.15, 0.2) is 23.1 Å². The van der Waals surface area contributed by atoms with E-state index < -0.39 is 40.9 Å². The van der Waals surface area contributed by atoms with E-state index in [4.69, 9.17) is 0 Å². The molecule has 38 heavy (non-hydrogen) atoms. The summed E-state index contributed by atoms with van der Waals surface area (Å²) in [5, 5.41) is 12.6. The largest absolute Gasteiger partial charge is 0.502 e. The molecule has 2 amide bonds. The van der Waals surface area contributed by atoms with E-state index in [0.717, 1.165) is 16.5 Å². The first-order valence-corrected chi connectivity index (χ1v) is 13.4. The van der Waals surface area contributed by atoms with Gasteiger partial charge in [-0.1, -0.05) is 24.3 Å². The Kier molecular flexibility index (Phi) is 5.10. The summed E-state index contributed by atoms with van der Waals surface area (Å²) in [5.74, 6) is -2.87. The lowest BCUT2D eigenvalue weighted by Crippen LogP contribution is -2.70. The van der Waals surface area contributed by atoms with Gasteiger partial charge in [-0.3, -0.25) is 24.1 Å². The first kappa shape index (κ1) is 23.3. The van der Waals surface area contributed by atoms with Crippen molar-refractivity contribution in [2.75, 3.05) is 18.1 Å². The van der Waals surface area contributed by atoms with Crippen molar-refractivity contribution in [1.82, 2.24) is 14.5 Å². The standard InChI is InChI=1S/C27H22F2N4O4S/c28-18-7-6-15-17(23(18)29)13-38-20-4-2-1-3-16(20)24(15)33-21-12-30-14(5-8-22(30)35)11-31(21)27(37)25-26(36)19(34)9-10-32(25)33/h1-4,6-7,9-10,14,21,24,36H,5,8,11-13H2. The Bertz CT molecular complexity index is 1590. The third-order valence-corrected chi connectivity index (χ3v) is 9.14. The molecule has 194 valence electrons. The highest BCUT2D eigenvalue weighted by Crippen LogP contribution is 2.45. The molecule has 0 radical (unpaired) electrons. The fraction of sp³-hybridized carbons (Fsp3) is 0.296. The molecule has 0 aliphatic carbocycles. The normalized spacial score (nSPS) is 23.8. The smallest absolute Gasteiger partial charge is 0.278 e. The lowest BCUT2D eigenvalue weighted by molar-refractivity contribution is -0.132. The topological polar surface area (TPSA) is 86.1 Å². The van der Waals surface area contributed by atoms with E-state index >= 15 is 4.39 Å². The van der Waals surface area contributed by atoms with Crippen LogP contribution in [-0.2, 0) is 10.5 Å². The van der Waals surface area contributed by atoms with Crippen LogP contribution in [0.15, 0.2) is 58.4 Å². The maximum Gasteiger partial charge on any atom is 0.278 e. The maximum atomic E-state index is 15.3. The van der Waals surface area contributed by atoms with Crippen LogP contribution in [0, 0.1) is 11.6 Å². The van der Waals surface area contributed by atoms with Crippen LogP contribution in [0.1, 0.15) is 46.1 Å². The Morgan fingerprint density at radius 2 is 1.76 bits per heavy atom. The first-order chi connectivity index (χ1) is 18.3. The van der Waals surface area contributed by atoms with Crippen LogP contribution < -0.4 is 10.4 Å². The van der Waals surface area contributed by atoms with Gasteiger partial charge in [0, 0.05) is 41.4 Å². The van der Waals surface area contributed by atoms with Crippen LogP contribution in [0.25, 0.3) is 0 Å². The van der Waals surface area contributed by atoms with Gasteiger partial charge in [0.2, 0.25) is 11.3 Å². The number of benzene rings is 2. The molecule has 2 fully saturated rings. The molecule has 0 spiro atoms. The fourth-order valence-electron chi connectivity index (χ4n) is 6.24. The molecule has 8 nitrogen and oxygen atoms in total. The molecule has 3 aromatic rings. The van der Waals surface area contributed by atoms with Gasteiger partial charge >= 0.3 is 0 Å². The number of hydrogen-bond donors (Lipinski definition) is 1. The quantitative estimate of drug-likeness (QED) is 0.515. The Labute approximate surface area is 220 Å². The molecule has 11 heteroatoms. The van der Waals surface area contributed by atoms with Crippen molar-refractivity contribution >= 4 is 23.6 Å². The number of hydrogen-bond acceptors (Lipinski definition) is 6. The van der Waals surface area contributed by atoms with Gasteiger partial charge in [-0.15, -0.1) is 11.8 Å². The second-order valence-corrected chi connectivity index (χ2v) is 11.0. The van der Waals surface area contributed by atoms with Crippen LogP contribution in [-0.4, -0.2) is 56.7 Å². The molecule has 1 aromatic heterocycles. The highest BCUT2D eigenvalue weighted by Gasteiger charge is 2.51. The molecule has 4 aliphatic heterocycles. The third-order valence-electron chi connectivity index (χ3n) is 8.03. The van der Waals surface area contributed by atoms with Crippen LogP contribution in [0.3, 0.4) is 0 Å². The number of nitrogens with zero attached hydrogens (tertiary/aromatic N) is 4. The molecule has 5 heterocycles. The minimum absolute atomic E-state index is 0.000868. The Hall–Kier alpha value is -3.86. The number of piperazine rings is 1. The molecule has 0 saturated carbocycles. The Balaban J connectivity index is 1.52. The Morgan fingerprint density at radius 3 is 2.61 bits per heavy atom. The average Bonchev–Trinajstić information content (AvgIpc) is 3.19. The SMILES string of the molecule is O=C1CCC2CN3C(=O)c4c(O)c(=O)ccn4N(C4c5ccccc5SCc5c4ccc(F)c5F)C3CN12. The zero-order chi connectivity index (χ0) is 26.3. The molecular weight excluding hydrogens is 514 g/mol. The number of aromatic hydroxyl groups is 1. The molecule has 0 bridgehead atoms. The van der Waals surface area contributed by atoms with E-state index in [9.17, 15) is 23.9 Å². The Morgan fingerprint density at radius 1 is 0.947 bits per heavy atom. The maximum absolute atomic E-state index is 15.3. The minimum Gasteiger partial charge on any atom is -0.502 e. The summed E-state index contributed by atoms with van der Waals surface area (Å²) in [6.07, 6.45) is 1.73. The summed E-state index contributed by atoms with van der Waals surface area (Å²) in [6, 6.07) is 10.5. The number of pyridine rings is 1. The molecule has 2 aromatic carbocycles. The summed E-state index contributed by atoms with van der Waals surface area (Å²) in [7, 11) is 0. The van der Waals surface area contributed by atoms with Gasteiger partial charge in [-0.25, -0.2) is 8.78 Å². The predicted molar refractivity (Wildman–Crippen MR) is 134 cm³/mol. The number of carbonyl (C=O) groups is 2. The summed E-state index contributed by atoms with van der Waals surface area (Å²) in [6.45, 7) is 0.439. The van der Waals surface area contributed by atoms with Crippen molar-refractivity contribution in [3.63, 3.8) is 0 Å². The number of halogens is 2. The van der Waals surface area contributed by atoms with Crippen molar-refractivity contribution in [1.29, 1.82) is 0 Å². The summed E-state index contributed by atoms with van der Waals surface area (Å²) in [5.41, 5.74) is 0.635. The van der Waals surface area contributed by atoms with Crippen LogP contribution in [0.4, 0.5) is 8.78 Å². The lowest BCUT2D eigenvalue weighted by Gasteiger charge is -2.54. The van der Waals surface area contributed by atoms with Crippen molar-refractivity contribution < 1.29 is 23.5 Å². The lowest BCUT2D eigenvalue weighted by atomic mass is 9.92. The number of carbonyl (C=O) groups excluding carboxylic acids is 2. The van der Waals surface area contributed by atoms with Gasteiger partial charge in [0.25, 0.3) is 5.91 Å². The van der Waals surface area contributed by atoms with Crippen molar-refractivity contribution in [2.24, 2.45) is 0 Å². The molecule has 3 atom stereocenters. The summed E-state index contributed by atoms with van der Waals surface area (Å²) in [4.78, 5) is 43.2. The number of rotatable bonds is 1. The number of aromatic nitrogens is 1. The molecule has 7 rings (SSSR count). The predicted octanol–water partition coefficient (Wildman–Crippen LogP) is 2.95. The summed E-state index contributed by atoms with van der Waals surface area (Å²) >= 11 is 1.39. The number of thioether (sulfide) groups is 1. The summed E-state index contributed by atoms with van der Waals surface area (Å²) < 4.78 is 31.1. The van der Waals surface area contributed by atoms with Crippen molar-refractivity contribution in [3.05, 3.63) is 92.9 Å². The third kappa shape index (κ3) is 3.17. The first-order valence-electron chi connectivity index (χ1n) is 12.4. The van der Waals surface area contributed by atoms with E-state index in [0.29, 0.717) is 18.4 Å². The van der Waals surface area contributed by atoms with E-state index in [1.807, 2.05) is 29.3 Å². The van der Waals surface area contributed by atoms with E-state index in [1.54, 1.807) is 15.9 Å². The van der Waals surface area contributed by atoms with Gasteiger partial charge in [0.05, 0.1) is 18.6 Å². The van der Waals surface area contributed by atoms with Crippen molar-refractivity contribution in [2.45, 2.75) is 41.7 Å². The number of amides is 2. The minimum atomic E-state index is -0.950. The highest BCUT2D eigenvalue weighted by molar-refractivity contribution is 7.98.